The third-order valence-electron chi connectivity index (χ3n) is 4.22. The zero-order valence-corrected chi connectivity index (χ0v) is 17.3. The van der Waals surface area contributed by atoms with E-state index in [9.17, 15) is 4.79 Å². The molecule has 0 unspecified atom stereocenters. The molecule has 0 aliphatic heterocycles. The maximum absolute atomic E-state index is 12.3. The van der Waals surface area contributed by atoms with Gasteiger partial charge in [-0.3, -0.25) is 4.79 Å². The van der Waals surface area contributed by atoms with Crippen molar-refractivity contribution in [2.75, 3.05) is 14.2 Å². The Kier molecular flexibility index (Phi) is 7.29. The summed E-state index contributed by atoms with van der Waals surface area (Å²) in [6, 6.07) is 19.6. The number of nitrogens with zero attached hydrogens (tertiary/aromatic N) is 1. The quantitative estimate of drug-likeness (QED) is 0.420. The number of methoxy groups -OCH3 is 2. The summed E-state index contributed by atoms with van der Waals surface area (Å²) in [6.45, 7) is 0.306. The number of hydrogen-bond acceptors (Lipinski definition) is 5. The summed E-state index contributed by atoms with van der Waals surface area (Å²) >= 11 is 6.03. The van der Waals surface area contributed by atoms with Crippen molar-refractivity contribution in [2.24, 2.45) is 5.10 Å². The Morgan fingerprint density at radius 3 is 2.50 bits per heavy atom. The zero-order chi connectivity index (χ0) is 21.3. The predicted molar refractivity (Wildman–Crippen MR) is 117 cm³/mol. The van der Waals surface area contributed by atoms with Crippen LogP contribution >= 0.6 is 11.6 Å². The molecule has 0 atom stereocenters. The van der Waals surface area contributed by atoms with Crippen molar-refractivity contribution < 1.29 is 19.0 Å². The topological polar surface area (TPSA) is 69.2 Å². The van der Waals surface area contributed by atoms with Crippen molar-refractivity contribution >= 4 is 23.7 Å². The van der Waals surface area contributed by atoms with Gasteiger partial charge in [0.05, 0.1) is 20.4 Å². The average molecular weight is 425 g/mol. The number of ether oxygens (including phenoxy) is 3. The summed E-state index contributed by atoms with van der Waals surface area (Å²) < 4.78 is 16.5. The molecule has 0 saturated heterocycles. The minimum atomic E-state index is -0.335. The van der Waals surface area contributed by atoms with Crippen molar-refractivity contribution in [3.8, 4) is 17.2 Å². The molecule has 0 saturated carbocycles. The normalized spacial score (nSPS) is 10.6. The lowest BCUT2D eigenvalue weighted by Gasteiger charge is -2.13. The van der Waals surface area contributed by atoms with Gasteiger partial charge >= 0.3 is 0 Å². The van der Waals surface area contributed by atoms with Gasteiger partial charge in [-0.1, -0.05) is 29.8 Å². The van der Waals surface area contributed by atoms with Crippen molar-refractivity contribution in [3.05, 3.63) is 88.4 Å². The van der Waals surface area contributed by atoms with E-state index < -0.39 is 0 Å². The fourth-order valence-corrected chi connectivity index (χ4v) is 2.91. The first kappa shape index (κ1) is 21.2. The molecule has 0 heterocycles. The predicted octanol–water partition coefficient (Wildman–Crippen LogP) is 4.70. The van der Waals surface area contributed by atoms with Crippen LogP contribution in [0.3, 0.4) is 0 Å². The molecule has 154 valence electrons. The summed E-state index contributed by atoms with van der Waals surface area (Å²) in [5.41, 5.74) is 4.55. The minimum absolute atomic E-state index is 0.306. The molecule has 3 aromatic rings. The van der Waals surface area contributed by atoms with E-state index in [1.54, 1.807) is 50.6 Å². The second-order valence-corrected chi connectivity index (χ2v) is 6.66. The monoisotopic (exact) mass is 424 g/mol. The van der Waals surface area contributed by atoms with E-state index in [1.165, 1.54) is 6.21 Å². The number of halogens is 1. The fourth-order valence-electron chi connectivity index (χ4n) is 2.70. The summed E-state index contributed by atoms with van der Waals surface area (Å²) in [5.74, 6) is 1.41. The van der Waals surface area contributed by atoms with Crippen LogP contribution in [0.2, 0.25) is 5.02 Å². The third-order valence-corrected chi connectivity index (χ3v) is 4.46. The molecule has 30 heavy (non-hydrogen) atoms. The molecular weight excluding hydrogens is 404 g/mol. The molecule has 6 nitrogen and oxygen atoms in total. The second kappa shape index (κ2) is 10.3. The van der Waals surface area contributed by atoms with Gasteiger partial charge in [0.15, 0.2) is 11.5 Å². The number of para-hydroxylation sites is 1. The average Bonchev–Trinajstić information content (AvgIpc) is 2.78. The minimum Gasteiger partial charge on any atom is -0.497 e. The van der Waals surface area contributed by atoms with Gasteiger partial charge in [-0.25, -0.2) is 5.43 Å². The number of amides is 1. The van der Waals surface area contributed by atoms with E-state index in [4.69, 9.17) is 25.8 Å². The maximum atomic E-state index is 12.3. The Labute approximate surface area is 180 Å². The van der Waals surface area contributed by atoms with Crippen LogP contribution in [0.5, 0.6) is 17.2 Å². The van der Waals surface area contributed by atoms with Gasteiger partial charge in [0, 0.05) is 16.1 Å². The first-order valence-corrected chi connectivity index (χ1v) is 9.50. The van der Waals surface area contributed by atoms with Crippen LogP contribution in [0.15, 0.2) is 71.8 Å². The highest BCUT2D eigenvalue weighted by Gasteiger charge is 2.10. The van der Waals surface area contributed by atoms with Gasteiger partial charge in [-0.2, -0.15) is 5.10 Å². The molecule has 0 radical (unpaired) electrons. The lowest BCUT2D eigenvalue weighted by Crippen LogP contribution is -2.17. The van der Waals surface area contributed by atoms with E-state index in [0.29, 0.717) is 40.0 Å². The first-order valence-electron chi connectivity index (χ1n) is 9.12. The Morgan fingerprint density at radius 2 is 1.80 bits per heavy atom. The number of nitrogens with one attached hydrogen (secondary N) is 1. The zero-order valence-electron chi connectivity index (χ0n) is 16.6. The summed E-state index contributed by atoms with van der Waals surface area (Å²) in [7, 11) is 3.13. The molecule has 7 heteroatoms. The number of rotatable bonds is 8. The van der Waals surface area contributed by atoms with E-state index in [-0.39, 0.29) is 5.91 Å². The highest BCUT2D eigenvalue weighted by atomic mass is 35.5. The Morgan fingerprint density at radius 1 is 1.03 bits per heavy atom. The largest absolute Gasteiger partial charge is 0.497 e. The van der Waals surface area contributed by atoms with Gasteiger partial charge < -0.3 is 14.2 Å². The molecule has 3 aromatic carbocycles. The highest BCUT2D eigenvalue weighted by molar-refractivity contribution is 6.30. The number of carbonyl (C=O) groups excluding carboxylic acids is 1. The molecule has 0 bridgehead atoms. The van der Waals surface area contributed by atoms with Crippen molar-refractivity contribution in [1.29, 1.82) is 0 Å². The number of benzene rings is 3. The number of hydrogen-bond donors (Lipinski definition) is 1. The highest BCUT2D eigenvalue weighted by Crippen LogP contribution is 2.31. The standard InChI is InChI=1S/C23H21ClN2O4/c1-28-20-11-9-17(10-12-20)23(27)26-25-14-18-6-4-8-21(29-2)22(18)30-15-16-5-3-7-19(24)13-16/h3-14H,15H2,1-2H3,(H,26,27)/b25-14+. The van der Waals surface area contributed by atoms with Crippen LogP contribution in [0.4, 0.5) is 0 Å². The lowest BCUT2D eigenvalue weighted by molar-refractivity contribution is 0.0955. The van der Waals surface area contributed by atoms with Crippen LogP contribution in [-0.4, -0.2) is 26.3 Å². The van der Waals surface area contributed by atoms with E-state index in [2.05, 4.69) is 10.5 Å². The number of carbonyl (C=O) groups is 1. The van der Waals surface area contributed by atoms with E-state index in [1.807, 2.05) is 30.3 Å². The Balaban J connectivity index is 1.72. The smallest absolute Gasteiger partial charge is 0.271 e. The van der Waals surface area contributed by atoms with Crippen LogP contribution < -0.4 is 19.6 Å². The van der Waals surface area contributed by atoms with Crippen LogP contribution in [0.25, 0.3) is 0 Å². The summed E-state index contributed by atoms with van der Waals surface area (Å²) in [5, 5.41) is 4.69. The Hall–Kier alpha value is -3.51. The number of hydrazone groups is 1. The first-order chi connectivity index (χ1) is 14.6. The summed E-state index contributed by atoms with van der Waals surface area (Å²) in [6.07, 6.45) is 1.51. The molecule has 1 N–H and O–H groups in total. The van der Waals surface area contributed by atoms with Gasteiger partial charge in [0.25, 0.3) is 5.91 Å². The molecule has 0 spiro atoms. The molecular formula is C23H21ClN2O4. The maximum Gasteiger partial charge on any atom is 0.271 e. The molecule has 0 fully saturated rings. The molecule has 0 aromatic heterocycles. The van der Waals surface area contributed by atoms with Crippen LogP contribution in [0, 0.1) is 0 Å². The van der Waals surface area contributed by atoms with Gasteiger partial charge in [0.2, 0.25) is 0 Å². The molecule has 1 amide bonds. The van der Waals surface area contributed by atoms with Crippen molar-refractivity contribution in [2.45, 2.75) is 6.61 Å². The van der Waals surface area contributed by atoms with Crippen LogP contribution in [0.1, 0.15) is 21.5 Å². The van der Waals surface area contributed by atoms with Gasteiger partial charge in [-0.15, -0.1) is 0 Å². The van der Waals surface area contributed by atoms with Gasteiger partial charge in [-0.05, 0) is 54.1 Å². The molecule has 0 aliphatic carbocycles. The lowest BCUT2D eigenvalue weighted by atomic mass is 10.2. The van der Waals surface area contributed by atoms with Crippen molar-refractivity contribution in [3.63, 3.8) is 0 Å². The SMILES string of the molecule is COc1ccc(C(=O)N/N=C/c2cccc(OC)c2OCc2cccc(Cl)c2)cc1. The van der Waals surface area contributed by atoms with Gasteiger partial charge in [0.1, 0.15) is 12.4 Å². The summed E-state index contributed by atoms with van der Waals surface area (Å²) in [4.78, 5) is 12.3. The fraction of sp³-hybridized carbons (Fsp3) is 0.130. The second-order valence-electron chi connectivity index (χ2n) is 6.22. The van der Waals surface area contributed by atoms with Crippen molar-refractivity contribution in [1.82, 2.24) is 5.43 Å². The molecule has 0 aliphatic rings. The van der Waals surface area contributed by atoms with E-state index >= 15 is 0 Å². The molecule has 3 rings (SSSR count). The van der Waals surface area contributed by atoms with E-state index in [0.717, 1.165) is 5.56 Å². The Bertz CT molecular complexity index is 1040. The van der Waals surface area contributed by atoms with Crippen LogP contribution in [-0.2, 0) is 6.61 Å². The third kappa shape index (κ3) is 5.52.